The second kappa shape index (κ2) is 9.37. The van der Waals surface area contributed by atoms with Gasteiger partial charge in [-0.1, -0.05) is 12.1 Å². The van der Waals surface area contributed by atoms with E-state index in [9.17, 15) is 9.59 Å². The molecule has 1 unspecified atom stereocenters. The van der Waals surface area contributed by atoms with E-state index >= 15 is 0 Å². The zero-order valence-corrected chi connectivity index (χ0v) is 17.4. The van der Waals surface area contributed by atoms with E-state index in [1.807, 2.05) is 33.0 Å². The molecule has 28 heavy (non-hydrogen) atoms. The Morgan fingerprint density at radius 2 is 1.75 bits per heavy atom. The van der Waals surface area contributed by atoms with Gasteiger partial charge in [-0.25, -0.2) is 0 Å². The number of hydrogen-bond acceptors (Lipinski definition) is 4. The van der Waals surface area contributed by atoms with Crippen molar-refractivity contribution in [1.82, 2.24) is 0 Å². The molecule has 150 valence electrons. The summed E-state index contributed by atoms with van der Waals surface area (Å²) < 4.78 is 10.7. The second-order valence-electron chi connectivity index (χ2n) is 7.00. The standard InChI is InChI=1S/C22H28N2O4/c1-14-10-20(27-5)21(28-6)12-18(14)13-24(4)15(2)22(26)23-19-9-7-8-17(11-19)16(3)25/h7-12,15H,13H2,1-6H3,(H,23,26)/p+1/t15-/m0/s1. The number of aryl methyl sites for hydroxylation is 1. The van der Waals surface area contributed by atoms with E-state index in [2.05, 4.69) is 5.32 Å². The molecule has 2 atom stereocenters. The van der Waals surface area contributed by atoms with Crippen LogP contribution < -0.4 is 19.7 Å². The van der Waals surface area contributed by atoms with E-state index in [0.29, 0.717) is 29.3 Å². The normalized spacial score (nSPS) is 12.8. The Morgan fingerprint density at radius 1 is 1.11 bits per heavy atom. The highest BCUT2D eigenvalue weighted by Crippen LogP contribution is 2.29. The summed E-state index contributed by atoms with van der Waals surface area (Å²) >= 11 is 0. The number of benzene rings is 2. The van der Waals surface area contributed by atoms with Crippen molar-refractivity contribution in [3.8, 4) is 11.5 Å². The maximum absolute atomic E-state index is 12.7. The van der Waals surface area contributed by atoms with Gasteiger partial charge in [0.05, 0.1) is 21.3 Å². The monoisotopic (exact) mass is 385 g/mol. The van der Waals surface area contributed by atoms with Crippen molar-refractivity contribution in [2.45, 2.75) is 33.4 Å². The Kier molecular flexibility index (Phi) is 7.18. The third-order valence-electron chi connectivity index (χ3n) is 4.98. The molecular formula is C22H29N2O4+. The summed E-state index contributed by atoms with van der Waals surface area (Å²) in [5, 5.41) is 2.90. The summed E-state index contributed by atoms with van der Waals surface area (Å²) in [6, 6.07) is 10.6. The van der Waals surface area contributed by atoms with E-state index < -0.39 is 0 Å². The number of carbonyl (C=O) groups excluding carboxylic acids is 2. The summed E-state index contributed by atoms with van der Waals surface area (Å²) in [7, 11) is 5.20. The number of rotatable bonds is 8. The number of nitrogens with one attached hydrogen (secondary N) is 2. The Balaban J connectivity index is 2.10. The first kappa shape index (κ1) is 21.4. The number of methoxy groups -OCH3 is 2. The van der Waals surface area contributed by atoms with E-state index in [-0.39, 0.29) is 17.7 Å². The van der Waals surface area contributed by atoms with Gasteiger partial charge >= 0.3 is 0 Å². The topological polar surface area (TPSA) is 69.1 Å². The molecule has 2 aromatic carbocycles. The largest absolute Gasteiger partial charge is 0.493 e. The first-order valence-electron chi connectivity index (χ1n) is 9.22. The maximum Gasteiger partial charge on any atom is 0.282 e. The molecule has 0 aliphatic rings. The van der Waals surface area contributed by atoms with E-state index in [1.165, 1.54) is 6.92 Å². The van der Waals surface area contributed by atoms with Gasteiger partial charge in [0.25, 0.3) is 5.91 Å². The highest BCUT2D eigenvalue weighted by atomic mass is 16.5. The minimum Gasteiger partial charge on any atom is -0.493 e. The van der Waals surface area contributed by atoms with Crippen molar-refractivity contribution >= 4 is 17.4 Å². The Hall–Kier alpha value is -2.86. The van der Waals surface area contributed by atoms with Gasteiger partial charge in [0, 0.05) is 16.8 Å². The number of carbonyl (C=O) groups is 2. The van der Waals surface area contributed by atoms with E-state index in [0.717, 1.165) is 16.0 Å². The van der Waals surface area contributed by atoms with E-state index in [4.69, 9.17) is 9.47 Å². The lowest BCUT2D eigenvalue weighted by molar-refractivity contribution is -0.907. The molecule has 0 aliphatic heterocycles. The molecule has 0 saturated carbocycles. The van der Waals surface area contributed by atoms with Crippen molar-refractivity contribution < 1.29 is 24.0 Å². The van der Waals surface area contributed by atoms with Crippen molar-refractivity contribution in [2.24, 2.45) is 0 Å². The van der Waals surface area contributed by atoms with E-state index in [1.54, 1.807) is 38.5 Å². The van der Waals surface area contributed by atoms with Crippen LogP contribution in [0.25, 0.3) is 0 Å². The molecule has 0 radical (unpaired) electrons. The first-order valence-corrected chi connectivity index (χ1v) is 9.22. The quantitative estimate of drug-likeness (QED) is 0.684. The van der Waals surface area contributed by atoms with Gasteiger partial charge in [-0.2, -0.15) is 0 Å². The molecule has 6 heteroatoms. The van der Waals surface area contributed by atoms with Crippen LogP contribution in [-0.4, -0.2) is 39.0 Å². The Bertz CT molecular complexity index is 864. The Labute approximate surface area is 166 Å². The first-order chi connectivity index (χ1) is 13.3. The van der Waals surface area contributed by atoms with Crippen LogP contribution in [0.2, 0.25) is 0 Å². The van der Waals surface area contributed by atoms with Crippen molar-refractivity contribution in [3.63, 3.8) is 0 Å². The van der Waals surface area contributed by atoms with Crippen molar-refractivity contribution in [1.29, 1.82) is 0 Å². The molecule has 2 N–H and O–H groups in total. The SMILES string of the molecule is COc1cc(C)c(C[NH+](C)[C@@H](C)C(=O)Nc2cccc(C(C)=O)c2)cc1OC. The minimum absolute atomic E-state index is 0.0316. The smallest absolute Gasteiger partial charge is 0.282 e. The summed E-state index contributed by atoms with van der Waals surface area (Å²) in [5.41, 5.74) is 3.37. The van der Waals surface area contributed by atoms with Gasteiger partial charge in [0.1, 0.15) is 6.54 Å². The van der Waals surface area contributed by atoms with Gasteiger partial charge < -0.3 is 19.7 Å². The fourth-order valence-corrected chi connectivity index (χ4v) is 2.96. The van der Waals surface area contributed by atoms with Gasteiger partial charge in [0.2, 0.25) is 0 Å². The number of Topliss-reactive ketones (excluding diaryl/α,β-unsaturated/α-hetero) is 1. The molecule has 0 bridgehead atoms. The number of quaternary nitrogens is 1. The third kappa shape index (κ3) is 5.10. The predicted octanol–water partition coefficient (Wildman–Crippen LogP) is 2.26. The minimum atomic E-state index is -0.284. The average Bonchev–Trinajstić information content (AvgIpc) is 2.68. The zero-order chi connectivity index (χ0) is 20.8. The number of anilines is 1. The van der Waals surface area contributed by atoms with Crippen LogP contribution in [0.1, 0.15) is 35.3 Å². The molecule has 1 amide bonds. The third-order valence-corrected chi connectivity index (χ3v) is 4.98. The van der Waals surface area contributed by atoms with Gasteiger partial charge in [0.15, 0.2) is 23.3 Å². The molecule has 0 aromatic heterocycles. The molecule has 0 saturated heterocycles. The number of hydrogen-bond donors (Lipinski definition) is 2. The van der Waals surface area contributed by atoms with Crippen molar-refractivity contribution in [2.75, 3.05) is 26.6 Å². The maximum atomic E-state index is 12.7. The molecule has 0 aliphatic carbocycles. The van der Waals surface area contributed by atoms with Crippen LogP contribution in [0.4, 0.5) is 5.69 Å². The lowest BCUT2D eigenvalue weighted by Crippen LogP contribution is -3.12. The van der Waals surface area contributed by atoms with Gasteiger partial charge in [-0.05, 0) is 50.6 Å². The number of likely N-dealkylation sites (N-methyl/N-ethyl adjacent to an activating group) is 1. The summed E-state index contributed by atoms with van der Waals surface area (Å²) in [6.45, 7) is 6.07. The highest BCUT2D eigenvalue weighted by Gasteiger charge is 2.23. The molecule has 0 heterocycles. The van der Waals surface area contributed by atoms with Crippen LogP contribution in [0.15, 0.2) is 36.4 Å². The van der Waals surface area contributed by atoms with Crippen LogP contribution in [0.5, 0.6) is 11.5 Å². The average molecular weight is 385 g/mol. The molecule has 6 nitrogen and oxygen atoms in total. The lowest BCUT2D eigenvalue weighted by Gasteiger charge is -2.22. The number of ketones is 1. The number of ether oxygens (including phenoxy) is 2. The van der Waals surface area contributed by atoms with Crippen LogP contribution in [0, 0.1) is 6.92 Å². The number of amides is 1. The second-order valence-corrected chi connectivity index (χ2v) is 7.00. The molecule has 0 fully saturated rings. The lowest BCUT2D eigenvalue weighted by atomic mass is 10.1. The summed E-state index contributed by atoms with van der Waals surface area (Å²) in [4.78, 5) is 25.2. The Morgan fingerprint density at radius 3 is 2.36 bits per heavy atom. The molecule has 2 aromatic rings. The molecule has 0 spiro atoms. The molecule has 2 rings (SSSR count). The van der Waals surface area contributed by atoms with Crippen LogP contribution in [0.3, 0.4) is 0 Å². The summed E-state index contributed by atoms with van der Waals surface area (Å²) in [5.74, 6) is 1.23. The fourth-order valence-electron chi connectivity index (χ4n) is 2.96. The zero-order valence-electron chi connectivity index (χ0n) is 17.4. The van der Waals surface area contributed by atoms with Crippen molar-refractivity contribution in [3.05, 3.63) is 53.1 Å². The van der Waals surface area contributed by atoms with Crippen LogP contribution >= 0.6 is 0 Å². The fraction of sp³-hybridized carbons (Fsp3) is 0.364. The molecular weight excluding hydrogens is 356 g/mol. The van der Waals surface area contributed by atoms with Gasteiger partial charge in [-0.3, -0.25) is 9.59 Å². The van der Waals surface area contributed by atoms with Gasteiger partial charge in [-0.15, -0.1) is 0 Å². The highest BCUT2D eigenvalue weighted by molar-refractivity contribution is 5.97. The summed E-state index contributed by atoms with van der Waals surface area (Å²) in [6.07, 6.45) is 0. The predicted molar refractivity (Wildman–Crippen MR) is 109 cm³/mol. The van der Waals surface area contributed by atoms with Crippen LogP contribution in [-0.2, 0) is 11.3 Å².